The van der Waals surface area contributed by atoms with Gasteiger partial charge in [0, 0.05) is 25.1 Å². The van der Waals surface area contributed by atoms with E-state index in [-0.39, 0.29) is 5.04 Å². The summed E-state index contributed by atoms with van der Waals surface area (Å²) >= 11 is 0. The minimum atomic E-state index is -2.21. The molecule has 1 unspecified atom stereocenters. The van der Waals surface area contributed by atoms with Crippen LogP contribution in [0, 0.1) is 6.92 Å². The lowest BCUT2D eigenvalue weighted by atomic mass is 10.2. The molecule has 8 nitrogen and oxygen atoms in total. The summed E-state index contributed by atoms with van der Waals surface area (Å²) in [5.41, 5.74) is -0.680. The van der Waals surface area contributed by atoms with E-state index < -0.39 is 50.6 Å². The molecule has 0 spiro atoms. The molecule has 9 heteroatoms. The molecule has 4 atom stereocenters. The maximum Gasteiger partial charge on any atom is 0.330 e. The van der Waals surface area contributed by atoms with Gasteiger partial charge in [-0.05, 0) is 25.1 Å². The van der Waals surface area contributed by atoms with Gasteiger partial charge in [0.2, 0.25) is 0 Å². The number of esters is 1. The maximum absolute atomic E-state index is 12.2. The summed E-state index contributed by atoms with van der Waals surface area (Å²) in [5.74, 6) is -0.588. The first-order valence-corrected chi connectivity index (χ1v) is 11.9. The molecule has 1 saturated heterocycles. The zero-order valence-corrected chi connectivity index (χ0v) is 18.0. The Morgan fingerprint density at radius 1 is 1.44 bits per heavy atom. The van der Waals surface area contributed by atoms with Crippen LogP contribution in [0.2, 0.25) is 18.1 Å². The smallest absolute Gasteiger partial charge is 0.330 e. The number of nitrogens with zero attached hydrogens (tertiary/aromatic N) is 1. The molecule has 0 aliphatic carbocycles. The van der Waals surface area contributed by atoms with Crippen LogP contribution < -0.4 is 11.2 Å². The Labute approximate surface area is 161 Å². The molecule has 1 N–H and O–H groups in total. The number of hydrogen-bond acceptors (Lipinski definition) is 6. The van der Waals surface area contributed by atoms with Gasteiger partial charge in [-0.2, -0.15) is 0 Å². The van der Waals surface area contributed by atoms with Gasteiger partial charge in [0.25, 0.3) is 5.56 Å². The Morgan fingerprint density at radius 2 is 2.07 bits per heavy atom. The van der Waals surface area contributed by atoms with Crippen molar-refractivity contribution in [2.45, 2.75) is 77.6 Å². The third-order valence-corrected chi connectivity index (χ3v) is 9.70. The van der Waals surface area contributed by atoms with Crippen molar-refractivity contribution in [2.24, 2.45) is 0 Å². The van der Waals surface area contributed by atoms with Crippen LogP contribution in [0.4, 0.5) is 0 Å². The predicted octanol–water partition coefficient (Wildman–Crippen LogP) is 2.09. The van der Waals surface area contributed by atoms with Gasteiger partial charge in [-0.25, -0.2) is 4.79 Å². The predicted molar refractivity (Wildman–Crippen MR) is 103 cm³/mol. The normalized spacial score (nSPS) is 25.1. The van der Waals surface area contributed by atoms with Gasteiger partial charge in [0.05, 0.1) is 7.47 Å². The first-order valence-electron chi connectivity index (χ1n) is 9.55. The maximum atomic E-state index is 12.2. The van der Waals surface area contributed by atoms with Crippen molar-refractivity contribution in [1.29, 1.82) is 0 Å². The lowest BCUT2D eigenvalue weighted by molar-refractivity contribution is -0.147. The molecule has 2 rings (SSSR count). The van der Waals surface area contributed by atoms with Crippen molar-refractivity contribution < 1.29 is 20.1 Å². The third kappa shape index (κ3) is 4.97. The Bertz CT molecular complexity index is 844. The van der Waals surface area contributed by atoms with Crippen LogP contribution in [-0.2, 0) is 18.7 Å². The molecule has 1 fully saturated rings. The van der Waals surface area contributed by atoms with Gasteiger partial charge in [0.1, 0.15) is 18.9 Å². The van der Waals surface area contributed by atoms with E-state index >= 15 is 0 Å². The molecular weight excluding hydrogens is 368 g/mol. The fourth-order valence-electron chi connectivity index (χ4n) is 2.59. The van der Waals surface area contributed by atoms with Crippen LogP contribution >= 0.6 is 0 Å². The topological polar surface area (TPSA) is 99.6 Å². The lowest BCUT2D eigenvalue weighted by Gasteiger charge is -2.39. The molecule has 0 radical (unpaired) electrons. The molecule has 0 bridgehead atoms. The monoisotopic (exact) mass is 399 g/mol. The first kappa shape index (κ1) is 20.0. The molecule has 0 amide bonds. The standard InChI is InChI=1S/C18H30N2O6Si/c1-11-9-20(17(23)19-16(11)22)15-8-13(14(25-15)10-24-12(2)21)26-27(6,7)18(3,4)5/h9,13-15H,8,10H2,1-7H3,(H,19,22,23)/t13-,14+,15+/m0/s1/i10D/t10?,13-,14+,15+. The second kappa shape index (κ2) is 7.73. The highest BCUT2D eigenvalue weighted by Crippen LogP contribution is 2.40. The number of aromatic nitrogens is 2. The zero-order valence-electron chi connectivity index (χ0n) is 18.0. The van der Waals surface area contributed by atoms with Crippen molar-refractivity contribution in [2.75, 3.05) is 6.58 Å². The number of nitrogens with one attached hydrogen (secondary N) is 1. The highest BCUT2D eigenvalue weighted by atomic mass is 28.4. The number of carbonyl (C=O) groups is 1. The molecule has 1 aromatic rings. The van der Waals surface area contributed by atoms with Crippen LogP contribution in [0.25, 0.3) is 0 Å². The summed E-state index contributed by atoms with van der Waals surface area (Å²) in [6, 6.07) is 0. The Morgan fingerprint density at radius 3 is 2.63 bits per heavy atom. The molecule has 0 aromatic carbocycles. The van der Waals surface area contributed by atoms with E-state index in [1.807, 2.05) is 0 Å². The second-order valence-electron chi connectivity index (χ2n) is 8.43. The summed E-state index contributed by atoms with van der Waals surface area (Å²) in [6.07, 6.45) is -0.359. The largest absolute Gasteiger partial charge is 0.463 e. The van der Waals surface area contributed by atoms with Gasteiger partial charge in [-0.1, -0.05) is 20.8 Å². The minimum absolute atomic E-state index is 0.0694. The average Bonchev–Trinajstić information content (AvgIpc) is 2.92. The number of carbonyl (C=O) groups excluding carboxylic acids is 1. The van der Waals surface area contributed by atoms with Crippen molar-refractivity contribution in [3.05, 3.63) is 32.6 Å². The fourth-order valence-corrected chi connectivity index (χ4v) is 3.93. The summed E-state index contributed by atoms with van der Waals surface area (Å²) < 4.78 is 26.9. The van der Waals surface area contributed by atoms with E-state index in [1.54, 1.807) is 6.92 Å². The van der Waals surface area contributed by atoms with Crippen LogP contribution in [-0.4, -0.2) is 42.6 Å². The van der Waals surface area contributed by atoms with Gasteiger partial charge in [-0.15, -0.1) is 0 Å². The van der Waals surface area contributed by atoms with Gasteiger partial charge in [-0.3, -0.25) is 19.1 Å². The van der Waals surface area contributed by atoms with E-state index in [0.717, 1.165) is 0 Å². The number of rotatable bonds is 5. The Balaban J connectivity index is 2.36. The van der Waals surface area contributed by atoms with Crippen LogP contribution in [0.1, 0.15) is 47.3 Å². The van der Waals surface area contributed by atoms with Gasteiger partial charge >= 0.3 is 11.7 Å². The second-order valence-corrected chi connectivity index (χ2v) is 13.2. The quantitative estimate of drug-likeness (QED) is 0.601. The first-order chi connectivity index (χ1) is 12.7. The Hall–Kier alpha value is -1.71. The number of hydrogen-bond donors (Lipinski definition) is 1. The van der Waals surface area contributed by atoms with Crippen molar-refractivity contribution in [3.63, 3.8) is 0 Å². The summed E-state index contributed by atoms with van der Waals surface area (Å²) in [7, 11) is -2.21. The fraction of sp³-hybridized carbons (Fsp3) is 0.722. The third-order valence-electron chi connectivity index (χ3n) is 5.19. The molecular formula is C18H30N2O6Si. The molecule has 152 valence electrons. The van der Waals surface area contributed by atoms with Crippen molar-refractivity contribution >= 4 is 14.3 Å². The molecule has 1 aliphatic rings. The van der Waals surface area contributed by atoms with Crippen molar-refractivity contribution in [3.8, 4) is 0 Å². The van der Waals surface area contributed by atoms with E-state index in [2.05, 4.69) is 38.8 Å². The molecule has 2 heterocycles. The minimum Gasteiger partial charge on any atom is -0.463 e. The van der Waals surface area contributed by atoms with Gasteiger partial charge in [0.15, 0.2) is 8.32 Å². The molecule has 1 aliphatic heterocycles. The summed E-state index contributed by atoms with van der Waals surface area (Å²) in [4.78, 5) is 37.5. The SMILES string of the molecule is [2H]C(OC(C)=O)[C@H]1O[C@@H](n2cc(C)c(=O)[nH]c2=O)C[C@@H]1O[Si](C)(C)C(C)(C)C. The van der Waals surface area contributed by atoms with Gasteiger partial charge < -0.3 is 13.9 Å². The van der Waals surface area contributed by atoms with E-state index in [1.165, 1.54) is 17.7 Å². The summed E-state index contributed by atoms with van der Waals surface area (Å²) in [6.45, 7) is 12.0. The van der Waals surface area contributed by atoms with Crippen LogP contribution in [0.3, 0.4) is 0 Å². The number of H-pyrrole nitrogens is 1. The van der Waals surface area contributed by atoms with Crippen LogP contribution in [0.5, 0.6) is 0 Å². The Kier molecular flexibility index (Phi) is 5.73. The van der Waals surface area contributed by atoms with E-state index in [4.69, 9.17) is 15.3 Å². The lowest BCUT2D eigenvalue weighted by Crippen LogP contribution is -2.46. The number of aromatic amines is 1. The van der Waals surface area contributed by atoms with E-state index in [9.17, 15) is 14.4 Å². The molecule has 27 heavy (non-hydrogen) atoms. The zero-order chi connectivity index (χ0) is 21.4. The van der Waals surface area contributed by atoms with Crippen molar-refractivity contribution in [1.82, 2.24) is 9.55 Å². The highest BCUT2D eigenvalue weighted by molar-refractivity contribution is 6.74. The number of aryl methyl sites for hydroxylation is 1. The summed E-state index contributed by atoms with van der Waals surface area (Å²) in [5, 5.41) is -0.0694. The molecule has 0 saturated carbocycles. The highest BCUT2D eigenvalue weighted by Gasteiger charge is 2.45. The van der Waals surface area contributed by atoms with Crippen LogP contribution in [0.15, 0.2) is 15.8 Å². The molecule has 1 aromatic heterocycles. The van der Waals surface area contributed by atoms with E-state index in [0.29, 0.717) is 12.0 Å². The number of ether oxygens (including phenoxy) is 2. The average molecular weight is 400 g/mol.